The molecule has 0 unspecified atom stereocenters. The van der Waals surface area contributed by atoms with Crippen LogP contribution < -0.4 is 0 Å². The molecule has 1 N–H and O–H groups in total. The van der Waals surface area contributed by atoms with Gasteiger partial charge in [0.25, 0.3) is 0 Å². The highest BCUT2D eigenvalue weighted by atomic mass is 16.4. The van der Waals surface area contributed by atoms with Crippen molar-refractivity contribution in [3.05, 3.63) is 60.1 Å². The van der Waals surface area contributed by atoms with Crippen LogP contribution in [-0.4, -0.2) is 22.5 Å². The number of rotatable bonds is 8. The van der Waals surface area contributed by atoms with Gasteiger partial charge in [-0.2, -0.15) is 0 Å². The first kappa shape index (κ1) is 14.3. The number of hydrogen-bond donors (Lipinski definition) is 1. The molecule has 0 saturated heterocycles. The van der Waals surface area contributed by atoms with Crippen molar-refractivity contribution < 1.29 is 14.3 Å². The molecule has 0 atom stereocenters. The third-order valence-electron chi connectivity index (χ3n) is 3.07. The fourth-order valence-electron chi connectivity index (χ4n) is 2.13. The van der Waals surface area contributed by atoms with Gasteiger partial charge < -0.3 is 9.52 Å². The van der Waals surface area contributed by atoms with Crippen LogP contribution in [0.1, 0.15) is 24.2 Å². The molecule has 4 nitrogen and oxygen atoms in total. The van der Waals surface area contributed by atoms with Gasteiger partial charge in [-0.1, -0.05) is 30.3 Å². The van der Waals surface area contributed by atoms with Gasteiger partial charge in [0.1, 0.15) is 5.76 Å². The van der Waals surface area contributed by atoms with Gasteiger partial charge in [-0.15, -0.1) is 0 Å². The molecule has 0 spiro atoms. The average molecular weight is 273 g/mol. The van der Waals surface area contributed by atoms with E-state index in [2.05, 4.69) is 17.0 Å². The number of carboxylic acids is 1. The maximum absolute atomic E-state index is 10.6. The molecule has 0 aliphatic carbocycles. The summed E-state index contributed by atoms with van der Waals surface area (Å²) < 4.78 is 5.37. The predicted molar refractivity (Wildman–Crippen MR) is 76.1 cm³/mol. The number of nitrogens with zero attached hydrogens (tertiary/aromatic N) is 1. The number of carboxylic acid groups (broad SMARTS) is 1. The van der Waals surface area contributed by atoms with Gasteiger partial charge in [0.05, 0.1) is 12.8 Å². The quantitative estimate of drug-likeness (QED) is 0.802. The van der Waals surface area contributed by atoms with E-state index in [9.17, 15) is 4.79 Å². The minimum atomic E-state index is -0.748. The van der Waals surface area contributed by atoms with E-state index in [1.54, 1.807) is 6.26 Å². The third-order valence-corrected chi connectivity index (χ3v) is 3.07. The summed E-state index contributed by atoms with van der Waals surface area (Å²) in [7, 11) is 0. The van der Waals surface area contributed by atoms with E-state index in [-0.39, 0.29) is 6.42 Å². The van der Waals surface area contributed by atoms with E-state index in [0.717, 1.165) is 18.8 Å². The topological polar surface area (TPSA) is 53.7 Å². The molecule has 2 rings (SSSR count). The van der Waals surface area contributed by atoms with E-state index in [4.69, 9.17) is 9.52 Å². The molecule has 1 aromatic carbocycles. The maximum Gasteiger partial charge on any atom is 0.303 e. The highest BCUT2D eigenvalue weighted by Gasteiger charge is 2.09. The molecule has 20 heavy (non-hydrogen) atoms. The van der Waals surface area contributed by atoms with Gasteiger partial charge in [0, 0.05) is 13.0 Å². The normalized spacial score (nSPS) is 10.8. The van der Waals surface area contributed by atoms with Crippen molar-refractivity contribution in [3.63, 3.8) is 0 Å². The van der Waals surface area contributed by atoms with Crippen molar-refractivity contribution >= 4 is 5.97 Å². The van der Waals surface area contributed by atoms with E-state index in [0.29, 0.717) is 13.0 Å². The average Bonchev–Trinajstić information content (AvgIpc) is 2.92. The second-order valence-corrected chi connectivity index (χ2v) is 4.77. The minimum absolute atomic E-state index is 0.198. The lowest BCUT2D eigenvalue weighted by Gasteiger charge is -2.21. The largest absolute Gasteiger partial charge is 0.481 e. The molecule has 0 amide bonds. The number of hydrogen-bond acceptors (Lipinski definition) is 3. The SMILES string of the molecule is O=C(O)CCCN(Cc1ccccc1)Cc1ccco1. The Hall–Kier alpha value is -2.07. The zero-order chi connectivity index (χ0) is 14.2. The van der Waals surface area contributed by atoms with Crippen LogP contribution in [0.15, 0.2) is 53.1 Å². The Morgan fingerprint density at radius 3 is 2.55 bits per heavy atom. The summed E-state index contributed by atoms with van der Waals surface area (Å²) in [4.78, 5) is 12.8. The van der Waals surface area contributed by atoms with Crippen molar-refractivity contribution in [3.8, 4) is 0 Å². The highest BCUT2D eigenvalue weighted by molar-refractivity contribution is 5.66. The van der Waals surface area contributed by atoms with Crippen LogP contribution in [0, 0.1) is 0 Å². The van der Waals surface area contributed by atoms with Crippen LogP contribution in [0.25, 0.3) is 0 Å². The molecule has 0 radical (unpaired) electrons. The zero-order valence-electron chi connectivity index (χ0n) is 11.4. The first-order chi connectivity index (χ1) is 9.74. The van der Waals surface area contributed by atoms with Gasteiger partial charge in [0.15, 0.2) is 0 Å². The number of aliphatic carboxylic acids is 1. The van der Waals surface area contributed by atoms with Gasteiger partial charge in [-0.3, -0.25) is 9.69 Å². The second-order valence-electron chi connectivity index (χ2n) is 4.77. The molecule has 0 saturated carbocycles. The van der Waals surface area contributed by atoms with Crippen LogP contribution in [0.5, 0.6) is 0 Å². The van der Waals surface area contributed by atoms with E-state index >= 15 is 0 Å². The summed E-state index contributed by atoms with van der Waals surface area (Å²) >= 11 is 0. The lowest BCUT2D eigenvalue weighted by molar-refractivity contribution is -0.137. The minimum Gasteiger partial charge on any atom is -0.481 e. The van der Waals surface area contributed by atoms with E-state index < -0.39 is 5.97 Å². The fraction of sp³-hybridized carbons (Fsp3) is 0.312. The smallest absolute Gasteiger partial charge is 0.303 e. The molecule has 106 valence electrons. The third kappa shape index (κ3) is 4.90. The Morgan fingerprint density at radius 1 is 1.10 bits per heavy atom. The summed E-state index contributed by atoms with van der Waals surface area (Å²) in [5.74, 6) is 0.152. The van der Waals surface area contributed by atoms with E-state index in [1.807, 2.05) is 30.3 Å². The lowest BCUT2D eigenvalue weighted by atomic mass is 10.2. The Kier molecular flexibility index (Phi) is 5.38. The van der Waals surface area contributed by atoms with Gasteiger partial charge in [0.2, 0.25) is 0 Å². The van der Waals surface area contributed by atoms with Crippen molar-refractivity contribution in [1.82, 2.24) is 4.90 Å². The molecule has 0 fully saturated rings. The van der Waals surface area contributed by atoms with Gasteiger partial charge in [-0.25, -0.2) is 0 Å². The molecule has 2 aromatic rings. The first-order valence-corrected chi connectivity index (χ1v) is 6.74. The van der Waals surface area contributed by atoms with Crippen molar-refractivity contribution in [1.29, 1.82) is 0 Å². The Labute approximate surface area is 118 Å². The monoisotopic (exact) mass is 273 g/mol. The van der Waals surface area contributed by atoms with E-state index in [1.165, 1.54) is 5.56 Å². The van der Waals surface area contributed by atoms with Crippen molar-refractivity contribution in [2.75, 3.05) is 6.54 Å². The molecule has 0 aliphatic heterocycles. The first-order valence-electron chi connectivity index (χ1n) is 6.74. The number of benzene rings is 1. The Morgan fingerprint density at radius 2 is 1.90 bits per heavy atom. The summed E-state index contributed by atoms with van der Waals surface area (Å²) in [6.07, 6.45) is 2.50. The lowest BCUT2D eigenvalue weighted by Crippen LogP contribution is -2.24. The number of carbonyl (C=O) groups is 1. The Bertz CT molecular complexity index is 508. The maximum atomic E-state index is 10.6. The summed E-state index contributed by atoms with van der Waals surface area (Å²) in [6, 6.07) is 14.0. The molecule has 0 aliphatic rings. The standard InChI is InChI=1S/C16H19NO3/c18-16(19)9-4-10-17(13-15-8-5-11-20-15)12-14-6-2-1-3-7-14/h1-3,5-8,11H,4,9-10,12-13H2,(H,18,19). The fourth-order valence-corrected chi connectivity index (χ4v) is 2.13. The molecular weight excluding hydrogens is 254 g/mol. The van der Waals surface area contributed by atoms with Crippen LogP contribution in [0.2, 0.25) is 0 Å². The van der Waals surface area contributed by atoms with Gasteiger partial charge >= 0.3 is 5.97 Å². The molecule has 4 heteroatoms. The summed E-state index contributed by atoms with van der Waals surface area (Å²) in [5, 5.41) is 8.74. The second kappa shape index (κ2) is 7.50. The van der Waals surface area contributed by atoms with Crippen LogP contribution in [0.3, 0.4) is 0 Å². The molecular formula is C16H19NO3. The highest BCUT2D eigenvalue weighted by Crippen LogP contribution is 2.11. The zero-order valence-corrected chi connectivity index (χ0v) is 11.4. The van der Waals surface area contributed by atoms with Gasteiger partial charge in [-0.05, 0) is 30.7 Å². The molecule has 1 aromatic heterocycles. The van der Waals surface area contributed by atoms with Crippen LogP contribution in [-0.2, 0) is 17.9 Å². The Balaban J connectivity index is 1.94. The molecule has 1 heterocycles. The summed E-state index contributed by atoms with van der Waals surface area (Å²) in [5.41, 5.74) is 1.22. The number of furan rings is 1. The molecule has 0 bridgehead atoms. The van der Waals surface area contributed by atoms with Crippen LogP contribution in [0.4, 0.5) is 0 Å². The summed E-state index contributed by atoms with van der Waals surface area (Å²) in [6.45, 7) is 2.23. The van der Waals surface area contributed by atoms with Crippen molar-refractivity contribution in [2.24, 2.45) is 0 Å². The van der Waals surface area contributed by atoms with Crippen molar-refractivity contribution in [2.45, 2.75) is 25.9 Å². The van der Waals surface area contributed by atoms with Crippen LogP contribution >= 0.6 is 0 Å². The predicted octanol–water partition coefficient (Wildman–Crippen LogP) is 3.15.